The minimum atomic E-state index is 0.317. The second-order valence-corrected chi connectivity index (χ2v) is 3.44. The van der Waals surface area contributed by atoms with E-state index < -0.39 is 0 Å². The van der Waals surface area contributed by atoms with Crippen LogP contribution in [0.25, 0.3) is 0 Å². The van der Waals surface area contributed by atoms with Crippen LogP contribution in [0, 0.1) is 6.42 Å². The molecule has 0 atom stereocenters. The number of rotatable bonds is 1. The highest BCUT2D eigenvalue weighted by molar-refractivity contribution is 5.77. The molecule has 2 aliphatic rings. The minimum Gasteiger partial charge on any atom is -0.275 e. The summed E-state index contributed by atoms with van der Waals surface area (Å²) in [6.45, 7) is 3.01. The van der Waals surface area contributed by atoms with Gasteiger partial charge < -0.3 is 0 Å². The maximum atomic E-state index is 11.3. The summed E-state index contributed by atoms with van der Waals surface area (Å²) in [5.74, 6) is 0.317. The molecule has 3 nitrogen and oxygen atoms in total. The molecule has 0 N–H and O–H groups in total. The van der Waals surface area contributed by atoms with Crippen molar-refractivity contribution in [2.45, 2.75) is 25.7 Å². The summed E-state index contributed by atoms with van der Waals surface area (Å²) in [5, 5.41) is 4.14. The highest BCUT2D eigenvalue weighted by Gasteiger charge is 2.26. The van der Waals surface area contributed by atoms with E-state index in [1.54, 1.807) is 0 Å². The third-order valence-corrected chi connectivity index (χ3v) is 2.57. The summed E-state index contributed by atoms with van der Waals surface area (Å²) in [4.78, 5) is 11.3. The quantitative estimate of drug-likeness (QED) is 0.577. The average Bonchev–Trinajstić information content (AvgIpc) is 2.53. The second kappa shape index (κ2) is 3.44. The van der Waals surface area contributed by atoms with Crippen LogP contribution in [0.3, 0.4) is 0 Å². The van der Waals surface area contributed by atoms with E-state index in [0.29, 0.717) is 5.91 Å². The minimum absolute atomic E-state index is 0.317. The zero-order chi connectivity index (χ0) is 8.39. The fourth-order valence-electron chi connectivity index (χ4n) is 1.91. The van der Waals surface area contributed by atoms with Gasteiger partial charge in [0.15, 0.2) is 0 Å². The predicted octanol–water partition coefficient (Wildman–Crippen LogP) is 0.824. The van der Waals surface area contributed by atoms with Gasteiger partial charge in [0.25, 0.3) is 0 Å². The molecule has 0 aromatic carbocycles. The molecule has 1 amide bonds. The summed E-state index contributed by atoms with van der Waals surface area (Å²) >= 11 is 0. The number of amides is 1. The van der Waals surface area contributed by atoms with Crippen LogP contribution in [0.4, 0.5) is 0 Å². The topological polar surface area (TPSA) is 23.6 Å². The smallest absolute Gasteiger partial charge is 0.236 e. The van der Waals surface area contributed by atoms with E-state index in [9.17, 15) is 4.79 Å². The van der Waals surface area contributed by atoms with E-state index >= 15 is 0 Å². The molecule has 0 spiro atoms. The first-order valence-electron chi connectivity index (χ1n) is 4.75. The number of hydrazine groups is 1. The first-order chi connectivity index (χ1) is 5.88. The Balaban J connectivity index is 1.93. The molecule has 2 aliphatic heterocycles. The molecule has 2 fully saturated rings. The largest absolute Gasteiger partial charge is 0.275 e. The maximum absolute atomic E-state index is 11.3. The highest BCUT2D eigenvalue weighted by Crippen LogP contribution is 2.17. The van der Waals surface area contributed by atoms with Gasteiger partial charge in [-0.05, 0) is 25.7 Å². The van der Waals surface area contributed by atoms with Gasteiger partial charge in [-0.3, -0.25) is 9.80 Å². The van der Waals surface area contributed by atoms with Crippen molar-refractivity contribution < 1.29 is 4.79 Å². The SMILES string of the molecule is O=C1CCCN1N1CC[CH]CC1. The molecular formula is C9H15N2O. The molecule has 1 radical (unpaired) electrons. The Morgan fingerprint density at radius 1 is 1.17 bits per heavy atom. The van der Waals surface area contributed by atoms with Gasteiger partial charge in [-0.2, -0.15) is 0 Å². The van der Waals surface area contributed by atoms with Crippen molar-refractivity contribution in [2.24, 2.45) is 0 Å². The molecule has 2 saturated heterocycles. The van der Waals surface area contributed by atoms with Gasteiger partial charge in [-0.1, -0.05) is 0 Å². The van der Waals surface area contributed by atoms with E-state index in [4.69, 9.17) is 0 Å². The molecule has 2 heterocycles. The lowest BCUT2D eigenvalue weighted by Gasteiger charge is -2.34. The van der Waals surface area contributed by atoms with Crippen LogP contribution in [-0.2, 0) is 4.79 Å². The Kier molecular flexibility index (Phi) is 2.30. The Morgan fingerprint density at radius 3 is 2.50 bits per heavy atom. The van der Waals surface area contributed by atoms with Gasteiger partial charge in [-0.25, -0.2) is 5.01 Å². The molecule has 12 heavy (non-hydrogen) atoms. The average molecular weight is 167 g/mol. The Labute approximate surface area is 73.3 Å². The van der Waals surface area contributed by atoms with Gasteiger partial charge in [0.2, 0.25) is 5.91 Å². The van der Waals surface area contributed by atoms with Crippen molar-refractivity contribution in [1.82, 2.24) is 10.0 Å². The third kappa shape index (κ3) is 1.46. The first-order valence-corrected chi connectivity index (χ1v) is 4.75. The van der Waals surface area contributed by atoms with E-state index in [2.05, 4.69) is 11.4 Å². The lowest BCUT2D eigenvalue weighted by atomic mass is 10.2. The Hall–Kier alpha value is -0.570. The van der Waals surface area contributed by atoms with Crippen LogP contribution in [-0.4, -0.2) is 35.6 Å². The van der Waals surface area contributed by atoms with Crippen LogP contribution >= 0.6 is 0 Å². The normalized spacial score (nSPS) is 26.7. The lowest BCUT2D eigenvalue weighted by molar-refractivity contribution is -0.144. The standard InChI is InChI=1S/C9H15N2O/c12-9-5-4-8-11(9)10-6-2-1-3-7-10/h1H,2-8H2. The molecule has 2 rings (SSSR count). The zero-order valence-corrected chi connectivity index (χ0v) is 7.33. The molecule has 67 valence electrons. The summed E-state index contributed by atoms with van der Waals surface area (Å²) in [5.41, 5.74) is 0. The molecule has 0 aromatic rings. The predicted molar refractivity (Wildman–Crippen MR) is 46.1 cm³/mol. The molecule has 0 aromatic heterocycles. The number of carbonyl (C=O) groups is 1. The monoisotopic (exact) mass is 167 g/mol. The molecule has 0 unspecified atom stereocenters. The summed E-state index contributed by atoms with van der Waals surface area (Å²) in [6.07, 6.45) is 6.35. The van der Waals surface area contributed by atoms with E-state index in [-0.39, 0.29) is 0 Å². The van der Waals surface area contributed by atoms with Gasteiger partial charge in [0.05, 0.1) is 0 Å². The van der Waals surface area contributed by atoms with Crippen molar-refractivity contribution in [1.29, 1.82) is 0 Å². The molecule has 0 saturated carbocycles. The zero-order valence-electron chi connectivity index (χ0n) is 7.33. The van der Waals surface area contributed by atoms with Gasteiger partial charge in [-0.15, -0.1) is 0 Å². The van der Waals surface area contributed by atoms with Crippen LogP contribution in [0.5, 0.6) is 0 Å². The van der Waals surface area contributed by atoms with E-state index in [1.807, 2.05) is 5.01 Å². The summed E-state index contributed by atoms with van der Waals surface area (Å²) < 4.78 is 0. The number of piperidine rings is 1. The lowest BCUT2D eigenvalue weighted by Crippen LogP contribution is -2.46. The van der Waals surface area contributed by atoms with E-state index in [1.165, 1.54) is 0 Å². The third-order valence-electron chi connectivity index (χ3n) is 2.57. The fourth-order valence-corrected chi connectivity index (χ4v) is 1.91. The molecule has 0 aliphatic carbocycles. The molecule has 0 bridgehead atoms. The van der Waals surface area contributed by atoms with Crippen molar-refractivity contribution in [3.63, 3.8) is 0 Å². The second-order valence-electron chi connectivity index (χ2n) is 3.44. The van der Waals surface area contributed by atoms with Gasteiger partial charge >= 0.3 is 0 Å². The van der Waals surface area contributed by atoms with Crippen LogP contribution in [0.2, 0.25) is 0 Å². The fraction of sp³-hybridized carbons (Fsp3) is 0.778. The van der Waals surface area contributed by atoms with Crippen LogP contribution in [0.15, 0.2) is 0 Å². The molecular weight excluding hydrogens is 152 g/mol. The maximum Gasteiger partial charge on any atom is 0.236 e. The van der Waals surface area contributed by atoms with Crippen LogP contribution in [0.1, 0.15) is 25.7 Å². The Bertz CT molecular complexity index is 175. The number of carbonyl (C=O) groups excluding carboxylic acids is 1. The van der Waals surface area contributed by atoms with Crippen molar-refractivity contribution in [2.75, 3.05) is 19.6 Å². The van der Waals surface area contributed by atoms with E-state index in [0.717, 1.165) is 45.3 Å². The number of nitrogens with zero attached hydrogens (tertiary/aromatic N) is 2. The number of hydrogen-bond acceptors (Lipinski definition) is 2. The summed E-state index contributed by atoms with van der Waals surface area (Å²) in [6, 6.07) is 0. The van der Waals surface area contributed by atoms with Crippen molar-refractivity contribution >= 4 is 5.91 Å². The Morgan fingerprint density at radius 2 is 1.92 bits per heavy atom. The van der Waals surface area contributed by atoms with Crippen molar-refractivity contribution in [3.05, 3.63) is 6.42 Å². The molecule has 3 heteroatoms. The first kappa shape index (κ1) is 8.05. The highest BCUT2D eigenvalue weighted by atomic mass is 16.2. The summed E-state index contributed by atoms with van der Waals surface area (Å²) in [7, 11) is 0. The number of hydrogen-bond donors (Lipinski definition) is 0. The van der Waals surface area contributed by atoms with Gasteiger partial charge in [0.1, 0.15) is 0 Å². The van der Waals surface area contributed by atoms with Crippen molar-refractivity contribution in [3.8, 4) is 0 Å². The van der Waals surface area contributed by atoms with Crippen LogP contribution < -0.4 is 0 Å². The van der Waals surface area contributed by atoms with Gasteiger partial charge in [0, 0.05) is 26.1 Å².